The monoisotopic (exact) mass is 416 g/mol. The Morgan fingerprint density at radius 2 is 0.633 bits per heavy atom. The summed E-state index contributed by atoms with van der Waals surface area (Å²) in [7, 11) is 0. The van der Waals surface area contributed by atoms with E-state index in [1.165, 1.54) is 38.5 Å². The van der Waals surface area contributed by atoms with Crippen LogP contribution in [0.4, 0.5) is 0 Å². The van der Waals surface area contributed by atoms with E-state index in [-0.39, 0.29) is 0 Å². The van der Waals surface area contributed by atoms with Gasteiger partial charge in [0.05, 0.1) is 0 Å². The zero-order valence-corrected chi connectivity index (χ0v) is 21.0. The lowest BCUT2D eigenvalue weighted by atomic mass is 9.73. The van der Waals surface area contributed by atoms with Gasteiger partial charge in [-0.25, -0.2) is 0 Å². The van der Waals surface area contributed by atoms with E-state index >= 15 is 0 Å². The molecule has 176 valence electrons. The molecule has 3 rings (SSSR count). The van der Waals surface area contributed by atoms with E-state index in [9.17, 15) is 0 Å². The smallest absolute Gasteiger partial charge is 0.0414 e. The Hall–Kier alpha value is 0. The molecule has 0 heteroatoms. The van der Waals surface area contributed by atoms with Gasteiger partial charge in [0.15, 0.2) is 0 Å². The van der Waals surface area contributed by atoms with E-state index in [1.54, 1.807) is 103 Å². The highest BCUT2D eigenvalue weighted by Crippen LogP contribution is 2.40. The van der Waals surface area contributed by atoms with Gasteiger partial charge in [0, 0.05) is 0 Å². The standard InChI is InChI=1S/C30H56/c1-3-5-6-8-26-11-15-28(16-12-26)18-20-30-23-21-29(22-24-30)19-17-27-13-9-25(7-4-2)10-14-27/h25-30H,3-24H2,1-2H3/t25-,26-,27-,28-,29-,30-. The molecule has 0 aromatic heterocycles. The van der Waals surface area contributed by atoms with Crippen LogP contribution in [-0.4, -0.2) is 0 Å². The largest absolute Gasteiger partial charge is 0.0654 e. The van der Waals surface area contributed by atoms with Crippen molar-refractivity contribution in [2.75, 3.05) is 0 Å². The van der Waals surface area contributed by atoms with Crippen LogP contribution in [0.5, 0.6) is 0 Å². The van der Waals surface area contributed by atoms with Crippen LogP contribution in [0.2, 0.25) is 0 Å². The van der Waals surface area contributed by atoms with Crippen LogP contribution < -0.4 is 0 Å². The summed E-state index contributed by atoms with van der Waals surface area (Å²) in [4.78, 5) is 0. The molecular weight excluding hydrogens is 360 g/mol. The Balaban J connectivity index is 1.19. The zero-order valence-electron chi connectivity index (χ0n) is 21.0. The van der Waals surface area contributed by atoms with Crippen molar-refractivity contribution in [2.24, 2.45) is 35.5 Å². The second-order valence-electron chi connectivity index (χ2n) is 12.1. The van der Waals surface area contributed by atoms with Crippen molar-refractivity contribution in [3.8, 4) is 0 Å². The molecule has 0 aromatic rings. The first-order valence-electron chi connectivity index (χ1n) is 14.8. The zero-order chi connectivity index (χ0) is 21.0. The summed E-state index contributed by atoms with van der Waals surface area (Å²) in [5, 5.41) is 0. The Morgan fingerprint density at radius 3 is 0.933 bits per heavy atom. The van der Waals surface area contributed by atoms with E-state index in [1.807, 2.05) is 0 Å². The Kier molecular flexibility index (Phi) is 11.7. The molecule has 0 saturated heterocycles. The lowest BCUT2D eigenvalue weighted by Crippen LogP contribution is -2.19. The molecule has 3 aliphatic rings. The average molecular weight is 417 g/mol. The number of hydrogen-bond donors (Lipinski definition) is 0. The third kappa shape index (κ3) is 8.86. The fourth-order valence-corrected chi connectivity index (χ4v) is 7.46. The average Bonchev–Trinajstić information content (AvgIpc) is 2.79. The van der Waals surface area contributed by atoms with Crippen LogP contribution in [0.3, 0.4) is 0 Å². The van der Waals surface area contributed by atoms with Crippen LogP contribution in [0.25, 0.3) is 0 Å². The first kappa shape index (κ1) is 24.6. The predicted octanol–water partition coefficient (Wildman–Crippen LogP) is 10.3. The summed E-state index contributed by atoms with van der Waals surface area (Å²) in [5.74, 6) is 6.53. The van der Waals surface area contributed by atoms with Gasteiger partial charge in [-0.05, 0) is 35.5 Å². The van der Waals surface area contributed by atoms with Gasteiger partial charge in [0.25, 0.3) is 0 Å². The maximum atomic E-state index is 2.36. The van der Waals surface area contributed by atoms with Crippen molar-refractivity contribution in [3.05, 3.63) is 0 Å². The Labute approximate surface area is 190 Å². The van der Waals surface area contributed by atoms with Crippen molar-refractivity contribution in [1.82, 2.24) is 0 Å². The SMILES string of the molecule is CCCCC[C@H]1CC[C@H](CC[C@H]2CC[C@H](CC[C@H]3CC[C@H](CCC)CC3)CC2)CC1. The first-order valence-corrected chi connectivity index (χ1v) is 14.8. The highest BCUT2D eigenvalue weighted by molar-refractivity contribution is 4.78. The molecular formula is C30H56. The van der Waals surface area contributed by atoms with Crippen molar-refractivity contribution >= 4 is 0 Å². The molecule has 3 aliphatic carbocycles. The van der Waals surface area contributed by atoms with Gasteiger partial charge in [-0.1, -0.05) is 155 Å². The molecule has 0 N–H and O–H groups in total. The van der Waals surface area contributed by atoms with Crippen molar-refractivity contribution in [3.63, 3.8) is 0 Å². The Morgan fingerprint density at radius 1 is 0.333 bits per heavy atom. The maximum Gasteiger partial charge on any atom is -0.0414 e. The third-order valence-electron chi connectivity index (χ3n) is 9.78. The highest BCUT2D eigenvalue weighted by Gasteiger charge is 2.26. The third-order valence-corrected chi connectivity index (χ3v) is 9.78. The molecule has 0 spiro atoms. The molecule has 0 heterocycles. The Bertz CT molecular complexity index is 402. The number of hydrogen-bond acceptors (Lipinski definition) is 0. The minimum atomic E-state index is 1.08. The van der Waals surface area contributed by atoms with Crippen molar-refractivity contribution in [1.29, 1.82) is 0 Å². The van der Waals surface area contributed by atoms with Crippen LogP contribution >= 0.6 is 0 Å². The molecule has 0 aliphatic heterocycles. The lowest BCUT2D eigenvalue weighted by molar-refractivity contribution is 0.194. The van der Waals surface area contributed by atoms with Crippen molar-refractivity contribution < 1.29 is 0 Å². The first-order chi connectivity index (χ1) is 14.8. The van der Waals surface area contributed by atoms with Gasteiger partial charge >= 0.3 is 0 Å². The molecule has 0 nitrogen and oxygen atoms in total. The minimum Gasteiger partial charge on any atom is -0.0654 e. The van der Waals surface area contributed by atoms with Gasteiger partial charge in [0.2, 0.25) is 0 Å². The normalized spacial score (nSPS) is 35.4. The fraction of sp³-hybridized carbons (Fsp3) is 1.00. The quantitative estimate of drug-likeness (QED) is 0.277. The molecule has 3 fully saturated rings. The fourth-order valence-electron chi connectivity index (χ4n) is 7.46. The van der Waals surface area contributed by atoms with Crippen LogP contribution in [-0.2, 0) is 0 Å². The number of unbranched alkanes of at least 4 members (excludes halogenated alkanes) is 2. The van der Waals surface area contributed by atoms with Crippen LogP contribution in [0.1, 0.15) is 155 Å². The highest BCUT2D eigenvalue weighted by atomic mass is 14.3. The second-order valence-corrected chi connectivity index (χ2v) is 12.1. The second kappa shape index (κ2) is 14.2. The van der Waals surface area contributed by atoms with E-state index < -0.39 is 0 Å². The molecule has 30 heavy (non-hydrogen) atoms. The lowest BCUT2D eigenvalue weighted by Gasteiger charge is -2.33. The summed E-state index contributed by atoms with van der Waals surface area (Å²) in [6.45, 7) is 4.70. The minimum absolute atomic E-state index is 1.08. The predicted molar refractivity (Wildman–Crippen MR) is 134 cm³/mol. The molecule has 0 bridgehead atoms. The molecule has 0 atom stereocenters. The summed E-state index contributed by atoms with van der Waals surface area (Å²) >= 11 is 0. The van der Waals surface area contributed by atoms with E-state index in [0.29, 0.717) is 0 Å². The van der Waals surface area contributed by atoms with E-state index in [0.717, 1.165) is 35.5 Å². The molecule has 0 unspecified atom stereocenters. The molecule has 0 amide bonds. The van der Waals surface area contributed by atoms with E-state index in [4.69, 9.17) is 0 Å². The molecule has 0 radical (unpaired) electrons. The number of rotatable bonds is 12. The molecule has 0 aromatic carbocycles. The van der Waals surface area contributed by atoms with Gasteiger partial charge < -0.3 is 0 Å². The van der Waals surface area contributed by atoms with Crippen molar-refractivity contribution in [2.45, 2.75) is 155 Å². The summed E-state index contributed by atoms with van der Waals surface area (Å²) < 4.78 is 0. The summed E-state index contributed by atoms with van der Waals surface area (Å²) in [6, 6.07) is 0. The van der Waals surface area contributed by atoms with Gasteiger partial charge in [-0.2, -0.15) is 0 Å². The molecule has 3 saturated carbocycles. The van der Waals surface area contributed by atoms with Gasteiger partial charge in [-0.15, -0.1) is 0 Å². The topological polar surface area (TPSA) is 0 Å². The van der Waals surface area contributed by atoms with Gasteiger partial charge in [0.1, 0.15) is 0 Å². The maximum absolute atomic E-state index is 2.36. The summed E-state index contributed by atoms with van der Waals surface area (Å²) in [6.07, 6.45) is 33.8. The summed E-state index contributed by atoms with van der Waals surface area (Å²) in [5.41, 5.74) is 0. The van der Waals surface area contributed by atoms with Crippen LogP contribution in [0.15, 0.2) is 0 Å². The van der Waals surface area contributed by atoms with Crippen LogP contribution in [0, 0.1) is 35.5 Å². The van der Waals surface area contributed by atoms with Gasteiger partial charge in [-0.3, -0.25) is 0 Å². The van der Waals surface area contributed by atoms with E-state index in [2.05, 4.69) is 13.8 Å².